The number of carbonyl (C=O) groups is 7. The van der Waals surface area contributed by atoms with Gasteiger partial charge in [-0.05, 0) is 83.2 Å². The minimum Gasteiger partial charge on any atom is -0.480 e. The third-order valence-corrected chi connectivity index (χ3v) is 8.09. The fourth-order valence-electron chi connectivity index (χ4n) is 5.35. The number of rotatable bonds is 19. The summed E-state index contributed by atoms with van der Waals surface area (Å²) in [5.41, 5.74) is 0.301. The molecule has 0 fully saturated rings. The minimum atomic E-state index is -1.29. The van der Waals surface area contributed by atoms with Crippen LogP contribution in [0, 0.1) is 0 Å². The quantitative estimate of drug-likeness (QED) is 0.0422. The van der Waals surface area contributed by atoms with Gasteiger partial charge in [0.1, 0.15) is 41.7 Å². The predicted molar refractivity (Wildman–Crippen MR) is 219 cm³/mol. The first-order valence-electron chi connectivity index (χ1n) is 19.3. The number of amides is 5. The maximum Gasteiger partial charge on any atom is 0.514 e. The molecule has 5 amide bonds. The second-order valence-electron chi connectivity index (χ2n) is 15.7. The van der Waals surface area contributed by atoms with Crippen LogP contribution in [-0.4, -0.2) is 89.6 Å². The molecule has 3 atom stereocenters. The number of hydrogen-bond donors (Lipinski definition) is 6. The molecule has 6 N–H and O–H groups in total. The average molecular weight is 834 g/mol. The molecule has 0 saturated carbocycles. The zero-order valence-corrected chi connectivity index (χ0v) is 34.7. The highest BCUT2D eigenvalue weighted by Crippen LogP contribution is 2.17. The van der Waals surface area contributed by atoms with E-state index in [0.717, 1.165) is 5.56 Å². The lowest BCUT2D eigenvalue weighted by molar-refractivity contribution is -0.141. The van der Waals surface area contributed by atoms with Crippen molar-refractivity contribution in [1.29, 1.82) is 0 Å². The summed E-state index contributed by atoms with van der Waals surface area (Å²) in [6, 6.07) is 20.0. The molecule has 3 aromatic rings. The van der Waals surface area contributed by atoms with Gasteiger partial charge in [0.25, 0.3) is 0 Å². The predicted octanol–water partition coefficient (Wildman–Crippen LogP) is 4.56. The zero-order valence-electron chi connectivity index (χ0n) is 34.7. The van der Waals surface area contributed by atoms with Gasteiger partial charge >= 0.3 is 24.3 Å². The van der Waals surface area contributed by atoms with Crippen molar-refractivity contribution in [2.75, 3.05) is 13.1 Å². The van der Waals surface area contributed by atoms with Gasteiger partial charge in [0.2, 0.25) is 17.7 Å². The summed E-state index contributed by atoms with van der Waals surface area (Å²) in [5, 5.41) is 22.3. The van der Waals surface area contributed by atoms with E-state index < -0.39 is 77.9 Å². The summed E-state index contributed by atoms with van der Waals surface area (Å²) in [4.78, 5) is 89.7. The van der Waals surface area contributed by atoms with Gasteiger partial charge in [-0.2, -0.15) is 0 Å². The lowest BCUT2D eigenvalue weighted by atomic mass is 10.0. The lowest BCUT2D eigenvalue weighted by Crippen LogP contribution is -2.56. The van der Waals surface area contributed by atoms with Crippen molar-refractivity contribution >= 4 is 42.0 Å². The van der Waals surface area contributed by atoms with Crippen molar-refractivity contribution in [3.63, 3.8) is 0 Å². The Balaban J connectivity index is 1.74. The monoisotopic (exact) mass is 833 g/mol. The van der Waals surface area contributed by atoms with Crippen LogP contribution in [0.1, 0.15) is 71.1 Å². The summed E-state index contributed by atoms with van der Waals surface area (Å²) in [5.74, 6) is -3.47. The van der Waals surface area contributed by atoms with Crippen LogP contribution in [0.15, 0.2) is 84.9 Å². The Labute approximate surface area is 349 Å². The highest BCUT2D eigenvalue weighted by molar-refractivity contribution is 5.93. The highest BCUT2D eigenvalue weighted by atomic mass is 16.7. The summed E-state index contributed by atoms with van der Waals surface area (Å²) >= 11 is 0. The number of carbonyl (C=O) groups excluding carboxylic acids is 6. The molecule has 0 radical (unpaired) electrons. The minimum absolute atomic E-state index is 0.000847. The molecule has 0 bridgehead atoms. The first-order valence-corrected chi connectivity index (χ1v) is 19.3. The van der Waals surface area contributed by atoms with Crippen molar-refractivity contribution in [1.82, 2.24) is 26.6 Å². The van der Waals surface area contributed by atoms with E-state index >= 15 is 0 Å². The van der Waals surface area contributed by atoms with Crippen LogP contribution in [-0.2, 0) is 52.8 Å². The fraction of sp³-hybridized carbons (Fsp3) is 0.419. The topological polar surface area (TPSA) is 237 Å². The molecule has 0 aliphatic heterocycles. The smallest absolute Gasteiger partial charge is 0.480 e. The number of aliphatic carboxylic acids is 1. The Morgan fingerprint density at radius 1 is 0.600 bits per heavy atom. The van der Waals surface area contributed by atoms with E-state index in [4.69, 9.17) is 18.9 Å². The van der Waals surface area contributed by atoms with Gasteiger partial charge in [-0.15, -0.1) is 0 Å². The normalized spacial score (nSPS) is 12.6. The Morgan fingerprint density at radius 3 is 1.75 bits per heavy atom. The van der Waals surface area contributed by atoms with Gasteiger partial charge in [0.15, 0.2) is 0 Å². The number of hydrogen-bond acceptors (Lipinski definition) is 11. The number of carboxylic acids is 1. The molecular weight excluding hydrogens is 778 g/mol. The molecule has 60 heavy (non-hydrogen) atoms. The molecule has 0 heterocycles. The van der Waals surface area contributed by atoms with Crippen molar-refractivity contribution in [3.8, 4) is 5.75 Å². The molecular formula is C43H55N5O12. The van der Waals surface area contributed by atoms with Crippen LogP contribution in [0.5, 0.6) is 5.75 Å². The van der Waals surface area contributed by atoms with E-state index in [9.17, 15) is 38.7 Å². The first kappa shape index (κ1) is 47.7. The van der Waals surface area contributed by atoms with Crippen molar-refractivity contribution in [3.05, 3.63) is 102 Å². The van der Waals surface area contributed by atoms with E-state index in [-0.39, 0.29) is 44.6 Å². The molecule has 0 aliphatic rings. The molecule has 3 rings (SSSR count). The highest BCUT2D eigenvalue weighted by Gasteiger charge is 2.30. The van der Waals surface area contributed by atoms with Crippen LogP contribution in [0.25, 0.3) is 0 Å². The second-order valence-corrected chi connectivity index (χ2v) is 15.7. The summed E-state index contributed by atoms with van der Waals surface area (Å²) in [6.07, 6.45) is -2.50. The Bertz CT molecular complexity index is 1900. The Morgan fingerprint density at radius 2 is 1.17 bits per heavy atom. The van der Waals surface area contributed by atoms with Crippen molar-refractivity contribution in [2.24, 2.45) is 0 Å². The number of benzene rings is 3. The molecule has 3 aromatic carbocycles. The van der Waals surface area contributed by atoms with Crippen LogP contribution >= 0.6 is 0 Å². The van der Waals surface area contributed by atoms with Crippen molar-refractivity contribution < 1.29 is 57.6 Å². The van der Waals surface area contributed by atoms with Crippen LogP contribution in [0.3, 0.4) is 0 Å². The largest absolute Gasteiger partial charge is 0.514 e. The molecule has 0 unspecified atom stereocenters. The van der Waals surface area contributed by atoms with Crippen LogP contribution < -0.4 is 31.3 Å². The SMILES string of the molecule is CC(C)(C)OC(=O)N[C@@H](Cc1ccc(OC(=O)OC(C)(C)C)cc1)C(=O)N[C@H](CCCNC(=O)OCc1ccccc1)C(=O)NCC(=O)N[C@@H](Cc1ccccc1)C(=O)O. The third-order valence-electron chi connectivity index (χ3n) is 8.09. The van der Waals surface area contributed by atoms with E-state index in [1.807, 2.05) is 18.2 Å². The molecule has 0 aromatic heterocycles. The molecule has 0 aliphatic carbocycles. The lowest BCUT2D eigenvalue weighted by Gasteiger charge is -2.25. The maximum absolute atomic E-state index is 13.9. The molecule has 17 nitrogen and oxygen atoms in total. The van der Waals surface area contributed by atoms with Gasteiger partial charge in [-0.1, -0.05) is 72.8 Å². The standard InChI is InChI=1S/C43H55N5O12/c1-42(2,3)59-40(55)48-33(24-29-19-21-31(22-20-29)58-41(56)60-43(4,5)6)37(51)47-32(18-13-23-44-39(54)57-27-30-16-11-8-12-17-30)36(50)45-26-35(49)46-34(38(52)53)25-28-14-9-7-10-15-28/h7-12,14-17,19-22,32-34H,13,18,23-27H2,1-6H3,(H,44,54)(H,45,50)(H,46,49)(H,47,51)(H,48,55)(H,52,53)/t32-,33+,34+/m1/s1. The summed E-state index contributed by atoms with van der Waals surface area (Å²) < 4.78 is 21.0. The Kier molecular flexibility index (Phi) is 18.4. The van der Waals surface area contributed by atoms with E-state index in [1.165, 1.54) is 12.1 Å². The number of nitrogens with one attached hydrogen (secondary N) is 5. The van der Waals surface area contributed by atoms with Gasteiger partial charge in [0.05, 0.1) is 6.54 Å². The number of ether oxygens (including phenoxy) is 4. The van der Waals surface area contributed by atoms with Gasteiger partial charge in [0, 0.05) is 19.4 Å². The summed E-state index contributed by atoms with van der Waals surface area (Å²) in [7, 11) is 0. The van der Waals surface area contributed by atoms with Gasteiger partial charge in [-0.3, -0.25) is 14.4 Å². The maximum atomic E-state index is 13.9. The molecule has 17 heteroatoms. The third kappa shape index (κ3) is 19.2. The average Bonchev–Trinajstić information content (AvgIpc) is 3.16. The summed E-state index contributed by atoms with van der Waals surface area (Å²) in [6.45, 7) is 9.48. The van der Waals surface area contributed by atoms with Crippen LogP contribution in [0.4, 0.5) is 14.4 Å². The van der Waals surface area contributed by atoms with Crippen LogP contribution in [0.2, 0.25) is 0 Å². The van der Waals surface area contributed by atoms with E-state index in [0.29, 0.717) is 11.1 Å². The zero-order chi connectivity index (χ0) is 44.3. The van der Waals surface area contributed by atoms with Crippen molar-refractivity contribution in [2.45, 2.75) is 103 Å². The first-order chi connectivity index (χ1) is 28.3. The van der Waals surface area contributed by atoms with Gasteiger partial charge < -0.3 is 50.6 Å². The van der Waals surface area contributed by atoms with E-state index in [2.05, 4.69) is 26.6 Å². The molecule has 0 spiro atoms. The number of carboxylic acid groups (broad SMARTS) is 1. The number of alkyl carbamates (subject to hydrolysis) is 2. The fourth-order valence-corrected chi connectivity index (χ4v) is 5.35. The molecule has 0 saturated heterocycles. The van der Waals surface area contributed by atoms with E-state index in [1.54, 1.807) is 96.1 Å². The second kappa shape index (κ2) is 23.1. The molecule has 324 valence electrons. The Hall–Kier alpha value is -6.65. The van der Waals surface area contributed by atoms with Gasteiger partial charge in [-0.25, -0.2) is 19.2 Å².